The lowest BCUT2D eigenvalue weighted by molar-refractivity contribution is -0.123. The molecule has 2 atom stereocenters. The van der Waals surface area contributed by atoms with E-state index in [1.807, 2.05) is 34.6 Å². The smallest absolute Gasteiger partial charge is 0.410 e. The van der Waals surface area contributed by atoms with Crippen LogP contribution >= 0.6 is 0 Å². The standard InChI is InChI=1S/C16H29NO3/c1-11(2)14(18)10-13-9-12(3)7-8-17(13)15(19)20-16(4,5)6/h11-13H,7-10H2,1-6H3. The molecule has 0 aliphatic carbocycles. The Balaban J connectivity index is 2.74. The van der Waals surface area contributed by atoms with Gasteiger partial charge in [-0.15, -0.1) is 0 Å². The highest BCUT2D eigenvalue weighted by Gasteiger charge is 2.34. The summed E-state index contributed by atoms with van der Waals surface area (Å²) in [6.45, 7) is 12.3. The van der Waals surface area contributed by atoms with E-state index in [0.717, 1.165) is 12.8 Å². The fourth-order valence-corrected chi connectivity index (χ4v) is 2.47. The van der Waals surface area contributed by atoms with Crippen LogP contribution in [0.3, 0.4) is 0 Å². The molecule has 4 nitrogen and oxygen atoms in total. The third-order valence-electron chi connectivity index (χ3n) is 3.69. The minimum Gasteiger partial charge on any atom is -0.444 e. The van der Waals surface area contributed by atoms with Crippen LogP contribution in [0.4, 0.5) is 4.79 Å². The maximum Gasteiger partial charge on any atom is 0.410 e. The van der Waals surface area contributed by atoms with Gasteiger partial charge in [0.15, 0.2) is 0 Å². The van der Waals surface area contributed by atoms with Crippen molar-refractivity contribution in [1.29, 1.82) is 0 Å². The molecule has 0 aromatic heterocycles. The van der Waals surface area contributed by atoms with E-state index in [0.29, 0.717) is 18.9 Å². The third-order valence-corrected chi connectivity index (χ3v) is 3.69. The third kappa shape index (κ3) is 5.14. The molecule has 1 saturated heterocycles. The highest BCUT2D eigenvalue weighted by atomic mass is 16.6. The van der Waals surface area contributed by atoms with E-state index in [1.54, 1.807) is 4.90 Å². The van der Waals surface area contributed by atoms with Gasteiger partial charge < -0.3 is 9.64 Å². The number of carbonyl (C=O) groups excluding carboxylic acids is 2. The molecule has 1 heterocycles. The van der Waals surface area contributed by atoms with Crippen LogP contribution in [-0.2, 0) is 9.53 Å². The van der Waals surface area contributed by atoms with Gasteiger partial charge in [0.2, 0.25) is 0 Å². The van der Waals surface area contributed by atoms with Crippen LogP contribution in [0.15, 0.2) is 0 Å². The molecule has 0 radical (unpaired) electrons. The first-order chi connectivity index (χ1) is 9.10. The molecule has 0 saturated carbocycles. The number of hydrogen-bond donors (Lipinski definition) is 0. The molecule has 4 heteroatoms. The molecule has 0 N–H and O–H groups in total. The number of Topliss-reactive ketones (excluding diaryl/α,β-unsaturated/α-hetero) is 1. The molecule has 0 aromatic carbocycles. The van der Waals surface area contributed by atoms with Gasteiger partial charge in [0.05, 0.1) is 0 Å². The summed E-state index contributed by atoms with van der Waals surface area (Å²) >= 11 is 0. The van der Waals surface area contributed by atoms with Gasteiger partial charge in [0.25, 0.3) is 0 Å². The molecule has 1 aliphatic heterocycles. The average Bonchev–Trinajstić information content (AvgIpc) is 2.26. The molecule has 116 valence electrons. The van der Waals surface area contributed by atoms with E-state index in [1.165, 1.54) is 0 Å². The van der Waals surface area contributed by atoms with E-state index >= 15 is 0 Å². The van der Waals surface area contributed by atoms with Crippen LogP contribution in [0, 0.1) is 11.8 Å². The molecule has 1 rings (SSSR count). The van der Waals surface area contributed by atoms with Gasteiger partial charge in [0, 0.05) is 24.9 Å². The molecule has 1 aliphatic rings. The van der Waals surface area contributed by atoms with Gasteiger partial charge >= 0.3 is 6.09 Å². The number of ether oxygens (including phenoxy) is 1. The number of carbonyl (C=O) groups is 2. The summed E-state index contributed by atoms with van der Waals surface area (Å²) in [5.41, 5.74) is -0.493. The van der Waals surface area contributed by atoms with Crippen LogP contribution in [0.25, 0.3) is 0 Å². The number of hydrogen-bond acceptors (Lipinski definition) is 3. The maximum atomic E-state index is 12.3. The van der Waals surface area contributed by atoms with Gasteiger partial charge in [0.1, 0.15) is 11.4 Å². The summed E-state index contributed by atoms with van der Waals surface area (Å²) in [6.07, 6.45) is 2.02. The summed E-state index contributed by atoms with van der Waals surface area (Å²) in [6, 6.07) is -0.0106. The molecule has 0 bridgehead atoms. The first-order valence-corrected chi connectivity index (χ1v) is 7.62. The predicted molar refractivity (Wildman–Crippen MR) is 79.6 cm³/mol. The molecule has 2 unspecified atom stereocenters. The molecule has 1 fully saturated rings. The monoisotopic (exact) mass is 283 g/mol. The zero-order valence-corrected chi connectivity index (χ0v) is 13.7. The van der Waals surface area contributed by atoms with Gasteiger partial charge in [-0.05, 0) is 39.5 Å². The van der Waals surface area contributed by atoms with Crippen molar-refractivity contribution in [2.24, 2.45) is 11.8 Å². The normalized spacial score (nSPS) is 23.9. The van der Waals surface area contributed by atoms with Crippen molar-refractivity contribution in [2.45, 2.75) is 72.4 Å². The summed E-state index contributed by atoms with van der Waals surface area (Å²) in [4.78, 5) is 26.0. The van der Waals surface area contributed by atoms with Crippen LogP contribution in [0.5, 0.6) is 0 Å². The van der Waals surface area contributed by atoms with E-state index in [-0.39, 0.29) is 23.8 Å². The summed E-state index contributed by atoms with van der Waals surface area (Å²) in [7, 11) is 0. The van der Waals surface area contributed by atoms with E-state index < -0.39 is 5.60 Å². The van der Waals surface area contributed by atoms with Gasteiger partial charge in [-0.25, -0.2) is 4.79 Å². The average molecular weight is 283 g/mol. The van der Waals surface area contributed by atoms with E-state index in [9.17, 15) is 9.59 Å². The Hall–Kier alpha value is -1.06. The second-order valence-electron chi connectivity index (χ2n) is 7.28. The second-order valence-corrected chi connectivity index (χ2v) is 7.28. The van der Waals surface area contributed by atoms with Gasteiger partial charge in [-0.1, -0.05) is 20.8 Å². The number of rotatable bonds is 3. The highest BCUT2D eigenvalue weighted by Crippen LogP contribution is 2.27. The Morgan fingerprint density at radius 3 is 2.40 bits per heavy atom. The van der Waals surface area contributed by atoms with Gasteiger partial charge in [-0.2, -0.15) is 0 Å². The largest absolute Gasteiger partial charge is 0.444 e. The molecule has 20 heavy (non-hydrogen) atoms. The number of ketones is 1. The van der Waals surface area contributed by atoms with E-state index in [2.05, 4.69) is 6.92 Å². The lowest BCUT2D eigenvalue weighted by Crippen LogP contribution is -2.48. The predicted octanol–water partition coefficient (Wildman–Crippen LogP) is 3.64. The minimum absolute atomic E-state index is 0.0106. The van der Waals surface area contributed by atoms with Gasteiger partial charge in [-0.3, -0.25) is 4.79 Å². The lowest BCUT2D eigenvalue weighted by Gasteiger charge is -2.39. The van der Waals surface area contributed by atoms with Crippen molar-refractivity contribution in [3.63, 3.8) is 0 Å². The van der Waals surface area contributed by atoms with Crippen molar-refractivity contribution in [3.05, 3.63) is 0 Å². The zero-order chi connectivity index (χ0) is 15.5. The molecule has 0 aromatic rings. The number of piperidine rings is 1. The Bertz CT molecular complexity index is 357. The molecule has 0 spiro atoms. The summed E-state index contributed by atoms with van der Waals surface area (Å²) in [5, 5.41) is 0. The highest BCUT2D eigenvalue weighted by molar-refractivity contribution is 5.81. The van der Waals surface area contributed by atoms with Crippen molar-refractivity contribution < 1.29 is 14.3 Å². The minimum atomic E-state index is -0.493. The van der Waals surface area contributed by atoms with Crippen molar-refractivity contribution in [1.82, 2.24) is 4.90 Å². The Labute approximate surface area is 122 Å². The summed E-state index contributed by atoms with van der Waals surface area (Å²) in [5.74, 6) is 0.795. The van der Waals surface area contributed by atoms with Crippen LogP contribution in [0.2, 0.25) is 0 Å². The van der Waals surface area contributed by atoms with Crippen LogP contribution in [0.1, 0.15) is 60.8 Å². The second kappa shape index (κ2) is 6.59. The van der Waals surface area contributed by atoms with Crippen molar-refractivity contribution in [2.75, 3.05) is 6.54 Å². The number of amides is 1. The Kier molecular flexibility index (Phi) is 5.60. The zero-order valence-electron chi connectivity index (χ0n) is 13.7. The Morgan fingerprint density at radius 2 is 1.90 bits per heavy atom. The SMILES string of the molecule is CC1CCN(C(=O)OC(C)(C)C)C(CC(=O)C(C)C)C1. The van der Waals surface area contributed by atoms with Crippen LogP contribution in [-0.4, -0.2) is 35.0 Å². The molecular formula is C16H29NO3. The first-order valence-electron chi connectivity index (χ1n) is 7.62. The molecule has 1 amide bonds. The summed E-state index contributed by atoms with van der Waals surface area (Å²) < 4.78 is 5.46. The lowest BCUT2D eigenvalue weighted by atomic mass is 9.88. The number of nitrogens with zero attached hydrogens (tertiary/aromatic N) is 1. The quantitative estimate of drug-likeness (QED) is 0.794. The fraction of sp³-hybridized carbons (Fsp3) is 0.875. The van der Waals surface area contributed by atoms with Crippen LogP contribution < -0.4 is 0 Å². The molecular weight excluding hydrogens is 254 g/mol. The van der Waals surface area contributed by atoms with E-state index in [4.69, 9.17) is 4.74 Å². The van der Waals surface area contributed by atoms with Crippen molar-refractivity contribution >= 4 is 11.9 Å². The Morgan fingerprint density at radius 1 is 1.30 bits per heavy atom. The fourth-order valence-electron chi connectivity index (χ4n) is 2.47. The topological polar surface area (TPSA) is 46.6 Å². The first kappa shape index (κ1) is 17.0. The number of likely N-dealkylation sites (tertiary alicyclic amines) is 1. The van der Waals surface area contributed by atoms with Crippen molar-refractivity contribution in [3.8, 4) is 0 Å². The maximum absolute atomic E-state index is 12.3.